The molecule has 2 aliphatic rings. The van der Waals surface area contributed by atoms with Crippen molar-refractivity contribution in [2.45, 2.75) is 51.9 Å². The van der Waals surface area contributed by atoms with E-state index in [0.717, 1.165) is 61.3 Å². The normalized spacial score (nSPS) is 16.5. The van der Waals surface area contributed by atoms with Crippen molar-refractivity contribution in [2.75, 3.05) is 18.4 Å². The van der Waals surface area contributed by atoms with Crippen molar-refractivity contribution in [1.29, 1.82) is 0 Å². The van der Waals surface area contributed by atoms with Gasteiger partial charge in [-0.1, -0.05) is 32.4 Å². The van der Waals surface area contributed by atoms with Gasteiger partial charge in [0, 0.05) is 42.0 Å². The molecule has 0 radical (unpaired) electrons. The van der Waals surface area contributed by atoms with Gasteiger partial charge in [-0.25, -0.2) is 0 Å². The summed E-state index contributed by atoms with van der Waals surface area (Å²) in [7, 11) is 0. The van der Waals surface area contributed by atoms with Crippen molar-refractivity contribution in [1.82, 2.24) is 10.6 Å². The summed E-state index contributed by atoms with van der Waals surface area (Å²) < 4.78 is 0. The van der Waals surface area contributed by atoms with Gasteiger partial charge in [0.1, 0.15) is 0 Å². The van der Waals surface area contributed by atoms with E-state index in [1.165, 1.54) is 0 Å². The molecule has 1 atom stereocenters. The fourth-order valence-corrected chi connectivity index (χ4v) is 3.85. The Bertz CT molecular complexity index is 1030. The van der Waals surface area contributed by atoms with Gasteiger partial charge in [-0.2, -0.15) is 0 Å². The lowest BCUT2D eigenvalue weighted by Gasteiger charge is -2.17. The number of guanidine groups is 1. The molecule has 1 aliphatic heterocycles. The third kappa shape index (κ3) is 5.55. The maximum atomic E-state index is 12.7. The highest BCUT2D eigenvalue weighted by atomic mass is 16.2. The topological polar surface area (TPSA) is 82.6 Å². The average Bonchev–Trinajstić information content (AvgIpc) is 3.65. The van der Waals surface area contributed by atoms with Crippen LogP contribution < -0.4 is 16.0 Å². The predicted octanol–water partition coefficient (Wildman–Crippen LogP) is 5.01. The Hall–Kier alpha value is -3.15. The zero-order chi connectivity index (χ0) is 22.5. The third-order valence-electron chi connectivity index (χ3n) is 6.15. The Morgan fingerprint density at radius 3 is 2.72 bits per heavy atom. The fourth-order valence-electron chi connectivity index (χ4n) is 3.85. The van der Waals surface area contributed by atoms with Crippen molar-refractivity contribution in [3.63, 3.8) is 0 Å². The lowest BCUT2D eigenvalue weighted by atomic mass is 9.97. The Morgan fingerprint density at radius 1 is 1.16 bits per heavy atom. The fraction of sp³-hybridized carbons (Fsp3) is 0.423. The first-order valence-corrected chi connectivity index (χ1v) is 11.7. The Morgan fingerprint density at radius 2 is 2.00 bits per heavy atom. The Balaban J connectivity index is 1.50. The first kappa shape index (κ1) is 22.1. The zero-order valence-corrected chi connectivity index (χ0v) is 18.9. The summed E-state index contributed by atoms with van der Waals surface area (Å²) >= 11 is 0. The van der Waals surface area contributed by atoms with Gasteiger partial charge in [0.15, 0.2) is 11.7 Å². The van der Waals surface area contributed by atoms with Gasteiger partial charge in [0.2, 0.25) is 0 Å². The average molecular weight is 433 g/mol. The minimum Gasteiger partial charge on any atom is -0.356 e. The van der Waals surface area contributed by atoms with E-state index in [1.807, 2.05) is 42.5 Å². The van der Waals surface area contributed by atoms with Crippen LogP contribution in [0.2, 0.25) is 0 Å². The second kappa shape index (κ2) is 9.98. The van der Waals surface area contributed by atoms with E-state index in [9.17, 15) is 9.59 Å². The van der Waals surface area contributed by atoms with E-state index in [1.54, 1.807) is 0 Å². The van der Waals surface area contributed by atoms with Crippen LogP contribution in [0.3, 0.4) is 0 Å². The van der Waals surface area contributed by atoms with Crippen LogP contribution in [0.1, 0.15) is 78.1 Å². The van der Waals surface area contributed by atoms with Crippen molar-refractivity contribution >= 4 is 29.0 Å². The molecule has 3 N–H and O–H groups in total. The molecule has 1 saturated carbocycles. The maximum Gasteiger partial charge on any atom is 0.257 e. The van der Waals surface area contributed by atoms with Crippen LogP contribution in [0.25, 0.3) is 0 Å². The van der Waals surface area contributed by atoms with Crippen molar-refractivity contribution in [2.24, 2.45) is 10.9 Å². The largest absolute Gasteiger partial charge is 0.356 e. The molecule has 1 heterocycles. The van der Waals surface area contributed by atoms with E-state index in [4.69, 9.17) is 0 Å². The van der Waals surface area contributed by atoms with Gasteiger partial charge < -0.3 is 10.6 Å². The van der Waals surface area contributed by atoms with Gasteiger partial charge in [0.25, 0.3) is 5.91 Å². The Kier molecular flexibility index (Phi) is 6.88. The molecule has 4 rings (SSSR count). The summed E-state index contributed by atoms with van der Waals surface area (Å²) in [6.45, 7) is 5.78. The van der Waals surface area contributed by atoms with Gasteiger partial charge in [-0.3, -0.25) is 19.9 Å². The molecule has 1 fully saturated rings. The molecule has 6 nitrogen and oxygen atoms in total. The first-order chi connectivity index (χ1) is 15.5. The molecule has 1 amide bonds. The molecule has 6 heteroatoms. The van der Waals surface area contributed by atoms with Crippen LogP contribution in [0.4, 0.5) is 11.4 Å². The number of anilines is 2. The number of hydrogen-bond acceptors (Lipinski definition) is 5. The van der Waals surface area contributed by atoms with Crippen LogP contribution in [-0.4, -0.2) is 30.7 Å². The zero-order valence-electron chi connectivity index (χ0n) is 18.9. The molecule has 0 spiro atoms. The number of nitrogens with one attached hydrogen (secondary N) is 3. The summed E-state index contributed by atoms with van der Waals surface area (Å²) in [6, 6.07) is 13.5. The van der Waals surface area contributed by atoms with Gasteiger partial charge >= 0.3 is 0 Å². The molecule has 32 heavy (non-hydrogen) atoms. The molecule has 168 valence electrons. The quantitative estimate of drug-likeness (QED) is 0.512. The van der Waals surface area contributed by atoms with Crippen LogP contribution in [-0.2, 0) is 0 Å². The molecule has 2 aromatic rings. The number of carbonyl (C=O) groups is 2. The molecule has 1 aliphatic carbocycles. The minimum absolute atomic E-state index is 0.149. The number of carbonyl (C=O) groups excluding carboxylic acids is 2. The van der Waals surface area contributed by atoms with E-state index in [2.05, 4.69) is 34.8 Å². The second-order valence-electron chi connectivity index (χ2n) is 8.89. The summed E-state index contributed by atoms with van der Waals surface area (Å²) in [5, 5.41) is 9.48. The maximum absolute atomic E-state index is 12.7. The van der Waals surface area contributed by atoms with Crippen LogP contribution in [0.15, 0.2) is 47.5 Å². The van der Waals surface area contributed by atoms with E-state index < -0.39 is 0 Å². The monoisotopic (exact) mass is 432 g/mol. The summed E-state index contributed by atoms with van der Waals surface area (Å²) in [6.07, 6.45) is 4.80. The highest BCUT2D eigenvalue weighted by Gasteiger charge is 2.27. The van der Waals surface area contributed by atoms with E-state index in [-0.39, 0.29) is 11.7 Å². The number of Topliss-reactive ketones (excluding diaryl/α,β-unsaturated/α-hetero) is 1. The van der Waals surface area contributed by atoms with Gasteiger partial charge in [0.05, 0.1) is 0 Å². The summed E-state index contributed by atoms with van der Waals surface area (Å²) in [5.74, 6) is 1.43. The van der Waals surface area contributed by atoms with E-state index in [0.29, 0.717) is 29.8 Å². The van der Waals surface area contributed by atoms with Crippen molar-refractivity contribution < 1.29 is 9.59 Å². The van der Waals surface area contributed by atoms with Crippen molar-refractivity contribution in [3.8, 4) is 0 Å². The van der Waals surface area contributed by atoms with E-state index >= 15 is 0 Å². The van der Waals surface area contributed by atoms with Crippen molar-refractivity contribution in [3.05, 3.63) is 59.2 Å². The number of rotatable bonds is 8. The highest BCUT2D eigenvalue weighted by molar-refractivity contribution is 6.06. The molecular weight excluding hydrogens is 400 g/mol. The molecule has 0 saturated heterocycles. The lowest BCUT2D eigenvalue weighted by molar-refractivity contribution is 0.0959. The SMILES string of the molecule is CCC(C)CC(=O)c1cccc(Nc2ccc(C(=O)NC3=NCCCN3)cc2C2CC2)c1. The highest BCUT2D eigenvalue weighted by Crippen LogP contribution is 2.44. The molecule has 2 aromatic carbocycles. The van der Waals surface area contributed by atoms with Crippen LogP contribution in [0, 0.1) is 5.92 Å². The predicted molar refractivity (Wildman–Crippen MR) is 129 cm³/mol. The molecule has 1 unspecified atom stereocenters. The number of nitrogens with zero attached hydrogens (tertiary/aromatic N) is 1. The number of amides is 1. The second-order valence-corrected chi connectivity index (χ2v) is 8.89. The third-order valence-corrected chi connectivity index (χ3v) is 6.15. The standard InChI is InChI=1S/C26H32N4O2/c1-3-17(2)14-24(31)19-6-4-7-21(15-19)29-23-11-10-20(16-22(23)18-8-9-18)25(32)30-26-27-12-5-13-28-26/h4,6-7,10-11,15-18,29H,3,5,8-9,12-14H2,1-2H3,(H2,27,28,30,32). The smallest absolute Gasteiger partial charge is 0.257 e. The van der Waals surface area contributed by atoms with Crippen LogP contribution >= 0.6 is 0 Å². The molecule has 0 bridgehead atoms. The Labute approximate surface area is 189 Å². The lowest BCUT2D eigenvalue weighted by Crippen LogP contribution is -2.43. The molecule has 0 aromatic heterocycles. The summed E-state index contributed by atoms with van der Waals surface area (Å²) in [5.41, 5.74) is 4.39. The summed E-state index contributed by atoms with van der Waals surface area (Å²) in [4.78, 5) is 29.6. The number of benzene rings is 2. The first-order valence-electron chi connectivity index (χ1n) is 11.7. The van der Waals surface area contributed by atoms with Crippen LogP contribution in [0.5, 0.6) is 0 Å². The number of ketones is 1. The minimum atomic E-state index is -0.149. The van der Waals surface area contributed by atoms with Gasteiger partial charge in [-0.05, 0) is 67.0 Å². The number of hydrogen-bond donors (Lipinski definition) is 3. The number of aliphatic imine (C=N–C) groups is 1. The molecular formula is C26H32N4O2. The van der Waals surface area contributed by atoms with Gasteiger partial charge in [-0.15, -0.1) is 0 Å².